The molecule has 1 N–H and O–H groups in total. The molecule has 3 amide bonds. The molecular formula is C31H40N6O6. The van der Waals surface area contributed by atoms with E-state index in [1.54, 1.807) is 37.2 Å². The van der Waals surface area contributed by atoms with Crippen LogP contribution in [-0.2, 0) is 14.3 Å². The summed E-state index contributed by atoms with van der Waals surface area (Å²) in [6, 6.07) is 7.45. The largest absolute Gasteiger partial charge is 0.467 e. The standard InChI is InChI=1S/C31H40N6O6/c1-31(2,3)43-30(40)37-20-9-10-21(37)15-22(14-20)36-17-35(5)29(39)24-16-25(33-34-28(24)36)23-11-7-19(8-12-27(38)32-4)13-26(23)42-18-41-6/h7-8,11-13,16,20-22H,9-10,14-15,17-18H2,1-6H3,(H,32,38)/b12-8+/t20-,21+,22?. The van der Waals surface area contributed by atoms with Crippen molar-refractivity contribution in [3.63, 3.8) is 0 Å². The molecular weight excluding hydrogens is 552 g/mol. The molecule has 43 heavy (non-hydrogen) atoms. The number of rotatable bonds is 7. The first-order valence-corrected chi connectivity index (χ1v) is 14.6. The van der Waals surface area contributed by atoms with Crippen LogP contribution in [0.1, 0.15) is 62.4 Å². The number of hydrogen-bond acceptors (Lipinski definition) is 9. The molecule has 0 saturated carbocycles. The summed E-state index contributed by atoms with van der Waals surface area (Å²) in [4.78, 5) is 43.8. The Hall–Kier alpha value is -4.19. The summed E-state index contributed by atoms with van der Waals surface area (Å²) >= 11 is 0. The third-order valence-corrected chi connectivity index (χ3v) is 8.03. The maximum absolute atomic E-state index is 13.4. The van der Waals surface area contributed by atoms with Gasteiger partial charge in [-0.15, -0.1) is 10.2 Å². The van der Waals surface area contributed by atoms with Gasteiger partial charge in [0, 0.05) is 51.0 Å². The quantitative estimate of drug-likeness (QED) is 0.379. The Kier molecular flexibility index (Phi) is 8.59. The van der Waals surface area contributed by atoms with Gasteiger partial charge in [0.2, 0.25) is 5.91 Å². The van der Waals surface area contributed by atoms with E-state index in [2.05, 4.69) is 20.4 Å². The third-order valence-electron chi connectivity index (χ3n) is 8.03. The number of nitrogens with zero attached hydrogens (tertiary/aromatic N) is 5. The number of piperidine rings is 1. The van der Waals surface area contributed by atoms with E-state index in [1.165, 1.54) is 13.2 Å². The fraction of sp³-hybridized carbons (Fsp3) is 0.516. The molecule has 0 radical (unpaired) electrons. The van der Waals surface area contributed by atoms with E-state index in [0.717, 1.165) is 31.2 Å². The lowest BCUT2D eigenvalue weighted by Crippen LogP contribution is -2.57. The van der Waals surface area contributed by atoms with Crippen molar-refractivity contribution in [1.82, 2.24) is 25.3 Å². The Bertz CT molecular complexity index is 1410. The summed E-state index contributed by atoms with van der Waals surface area (Å²) in [5, 5.41) is 11.7. The fourth-order valence-corrected chi connectivity index (χ4v) is 6.11. The minimum absolute atomic E-state index is 0.00769. The Morgan fingerprint density at radius 3 is 2.44 bits per heavy atom. The lowest BCUT2D eigenvalue weighted by atomic mass is 9.95. The molecule has 3 atom stereocenters. The number of ether oxygens (including phenoxy) is 3. The van der Waals surface area contributed by atoms with Crippen LogP contribution in [0.5, 0.6) is 5.75 Å². The Morgan fingerprint density at radius 1 is 1.07 bits per heavy atom. The molecule has 12 heteroatoms. The highest BCUT2D eigenvalue weighted by molar-refractivity contribution is 6.01. The molecule has 5 rings (SSSR count). The number of hydrogen-bond donors (Lipinski definition) is 1. The molecule has 3 aliphatic heterocycles. The predicted octanol–water partition coefficient (Wildman–Crippen LogP) is 3.67. The van der Waals surface area contributed by atoms with Crippen LogP contribution in [0, 0.1) is 0 Å². The molecule has 2 saturated heterocycles. The van der Waals surface area contributed by atoms with E-state index in [0.29, 0.717) is 35.1 Å². The van der Waals surface area contributed by atoms with Crippen LogP contribution >= 0.6 is 0 Å². The topological polar surface area (TPSA) is 126 Å². The van der Waals surface area contributed by atoms with Gasteiger partial charge in [-0.3, -0.25) is 9.59 Å². The van der Waals surface area contributed by atoms with E-state index in [-0.39, 0.29) is 42.8 Å². The van der Waals surface area contributed by atoms with Crippen LogP contribution in [0.2, 0.25) is 0 Å². The summed E-state index contributed by atoms with van der Waals surface area (Å²) in [5.74, 6) is 0.668. The molecule has 2 fully saturated rings. The maximum Gasteiger partial charge on any atom is 0.410 e. The summed E-state index contributed by atoms with van der Waals surface area (Å²) in [7, 11) is 4.87. The highest BCUT2D eigenvalue weighted by Crippen LogP contribution is 2.41. The Labute approximate surface area is 252 Å². The molecule has 2 bridgehead atoms. The lowest BCUT2D eigenvalue weighted by molar-refractivity contribution is -0.116. The number of benzene rings is 1. The number of carbonyl (C=O) groups is 3. The van der Waals surface area contributed by atoms with Crippen LogP contribution < -0.4 is 15.0 Å². The van der Waals surface area contributed by atoms with Crippen molar-refractivity contribution < 1.29 is 28.6 Å². The number of nitrogens with one attached hydrogen (secondary N) is 1. The zero-order valence-corrected chi connectivity index (χ0v) is 25.6. The van der Waals surface area contributed by atoms with Crippen LogP contribution in [0.25, 0.3) is 17.3 Å². The smallest absolute Gasteiger partial charge is 0.410 e. The maximum atomic E-state index is 13.4. The van der Waals surface area contributed by atoms with Crippen molar-refractivity contribution in [3.8, 4) is 17.0 Å². The summed E-state index contributed by atoms with van der Waals surface area (Å²) in [6.45, 7) is 6.05. The van der Waals surface area contributed by atoms with E-state index in [4.69, 9.17) is 14.2 Å². The summed E-state index contributed by atoms with van der Waals surface area (Å²) in [6.07, 6.45) is 6.25. The molecule has 12 nitrogen and oxygen atoms in total. The van der Waals surface area contributed by atoms with Crippen LogP contribution in [0.3, 0.4) is 0 Å². The van der Waals surface area contributed by atoms with E-state index in [9.17, 15) is 14.4 Å². The molecule has 0 aliphatic carbocycles. The summed E-state index contributed by atoms with van der Waals surface area (Å²) < 4.78 is 16.7. The number of carbonyl (C=O) groups excluding carboxylic acids is 3. The van der Waals surface area contributed by atoms with Crippen LogP contribution in [-0.4, -0.2) is 96.3 Å². The average molecular weight is 593 g/mol. The van der Waals surface area contributed by atoms with Gasteiger partial charge in [0.15, 0.2) is 12.6 Å². The normalized spacial score (nSPS) is 21.7. The predicted molar refractivity (Wildman–Crippen MR) is 160 cm³/mol. The number of anilines is 1. The van der Waals surface area contributed by atoms with Gasteiger partial charge < -0.3 is 34.2 Å². The average Bonchev–Trinajstić information content (AvgIpc) is 3.25. The number of aromatic nitrogens is 2. The molecule has 3 aliphatic rings. The first-order chi connectivity index (χ1) is 20.5. The van der Waals surface area contributed by atoms with E-state index in [1.807, 2.05) is 37.8 Å². The summed E-state index contributed by atoms with van der Waals surface area (Å²) in [5.41, 5.74) is 1.78. The van der Waals surface area contributed by atoms with Gasteiger partial charge >= 0.3 is 6.09 Å². The van der Waals surface area contributed by atoms with Gasteiger partial charge in [-0.2, -0.15) is 0 Å². The second-order valence-electron chi connectivity index (χ2n) is 12.2. The van der Waals surface area contributed by atoms with Crippen molar-refractivity contribution >= 4 is 29.8 Å². The third kappa shape index (κ3) is 6.43. The van der Waals surface area contributed by atoms with Crippen molar-refractivity contribution in [2.45, 2.75) is 70.2 Å². The second-order valence-corrected chi connectivity index (χ2v) is 12.2. The SMILES string of the molecule is CNC(=O)/C=C/c1ccc(-c2cc3c(nn2)N(C2C[C@H]4CC[C@@H](C2)N4C(=O)OC(C)(C)C)CN(C)C3=O)c(OCOC)c1. The zero-order valence-electron chi connectivity index (χ0n) is 25.6. The highest BCUT2D eigenvalue weighted by Gasteiger charge is 2.47. The lowest BCUT2D eigenvalue weighted by Gasteiger charge is -2.46. The Morgan fingerprint density at radius 2 is 1.79 bits per heavy atom. The fourth-order valence-electron chi connectivity index (χ4n) is 6.11. The Balaban J connectivity index is 1.43. The van der Waals surface area contributed by atoms with Crippen molar-refractivity contribution in [2.24, 2.45) is 0 Å². The molecule has 4 heterocycles. The molecule has 230 valence electrons. The van der Waals surface area contributed by atoms with Crippen molar-refractivity contribution in [2.75, 3.05) is 39.6 Å². The van der Waals surface area contributed by atoms with Gasteiger partial charge in [-0.25, -0.2) is 4.79 Å². The number of amides is 3. The van der Waals surface area contributed by atoms with Crippen molar-refractivity contribution in [1.29, 1.82) is 0 Å². The van der Waals surface area contributed by atoms with Gasteiger partial charge in [-0.05, 0) is 76.3 Å². The zero-order chi connectivity index (χ0) is 30.9. The number of methoxy groups -OCH3 is 1. The van der Waals surface area contributed by atoms with Gasteiger partial charge in [0.25, 0.3) is 5.91 Å². The molecule has 1 aromatic heterocycles. The minimum Gasteiger partial charge on any atom is -0.467 e. The van der Waals surface area contributed by atoms with Crippen LogP contribution in [0.15, 0.2) is 30.3 Å². The number of fused-ring (bicyclic) bond motifs is 3. The van der Waals surface area contributed by atoms with Crippen LogP contribution in [0.4, 0.5) is 10.6 Å². The molecule has 2 aromatic rings. The van der Waals surface area contributed by atoms with Gasteiger partial charge in [0.1, 0.15) is 11.4 Å². The van der Waals surface area contributed by atoms with Gasteiger partial charge in [-0.1, -0.05) is 6.07 Å². The molecule has 1 aromatic carbocycles. The number of likely N-dealkylation sites (N-methyl/N-ethyl adjacent to an activating group) is 1. The van der Waals surface area contributed by atoms with Crippen molar-refractivity contribution in [3.05, 3.63) is 41.5 Å². The molecule has 0 spiro atoms. The highest BCUT2D eigenvalue weighted by atomic mass is 16.7. The second kappa shape index (κ2) is 12.2. The molecule has 1 unspecified atom stereocenters. The van der Waals surface area contributed by atoms with E-state index < -0.39 is 5.60 Å². The first kappa shape index (κ1) is 30.3. The first-order valence-electron chi connectivity index (χ1n) is 14.6. The monoisotopic (exact) mass is 592 g/mol. The minimum atomic E-state index is -0.549. The van der Waals surface area contributed by atoms with E-state index >= 15 is 0 Å². The van der Waals surface area contributed by atoms with Gasteiger partial charge in [0.05, 0.1) is 17.9 Å².